The van der Waals surface area contributed by atoms with Gasteiger partial charge in [0, 0.05) is 6.42 Å². The molecule has 0 saturated carbocycles. The zero-order chi connectivity index (χ0) is 16.7. The maximum absolute atomic E-state index is 12.2. The summed E-state index contributed by atoms with van der Waals surface area (Å²) in [5, 5.41) is 0. The van der Waals surface area contributed by atoms with E-state index in [1.54, 1.807) is 12.1 Å². The standard InChI is InChI=1S/C18H20O4S/c1-15-9-11-18(12-10-15)23(20,21)14-16(19)6-5-13-22-17-7-3-2-4-8-17/h2-4,7-12H,5-6,13-14H2,1H3. The lowest BCUT2D eigenvalue weighted by Crippen LogP contribution is -2.16. The van der Waals surface area contributed by atoms with Crippen LogP contribution in [0.25, 0.3) is 0 Å². The Bertz CT molecular complexity index is 734. The molecule has 0 amide bonds. The fraction of sp³-hybridized carbons (Fsp3) is 0.278. The number of carbonyl (C=O) groups excluding carboxylic acids is 1. The topological polar surface area (TPSA) is 60.4 Å². The minimum atomic E-state index is -3.56. The fourth-order valence-electron chi connectivity index (χ4n) is 2.09. The Morgan fingerprint density at radius 2 is 1.65 bits per heavy atom. The Labute approximate surface area is 137 Å². The van der Waals surface area contributed by atoms with E-state index in [1.165, 1.54) is 12.1 Å². The first-order chi connectivity index (χ1) is 11.0. The van der Waals surface area contributed by atoms with E-state index < -0.39 is 15.6 Å². The molecule has 0 bridgehead atoms. The number of sulfone groups is 1. The number of aryl methyl sites for hydroxylation is 1. The van der Waals surface area contributed by atoms with Crippen molar-refractivity contribution in [2.24, 2.45) is 0 Å². The summed E-state index contributed by atoms with van der Waals surface area (Å²) in [6.45, 7) is 2.27. The monoisotopic (exact) mass is 332 g/mol. The molecule has 23 heavy (non-hydrogen) atoms. The lowest BCUT2D eigenvalue weighted by atomic mass is 10.2. The smallest absolute Gasteiger partial charge is 0.185 e. The van der Waals surface area contributed by atoms with Gasteiger partial charge < -0.3 is 4.74 Å². The van der Waals surface area contributed by atoms with Gasteiger partial charge in [0.2, 0.25) is 0 Å². The second-order valence-corrected chi connectivity index (χ2v) is 7.37. The summed E-state index contributed by atoms with van der Waals surface area (Å²) >= 11 is 0. The molecule has 0 spiro atoms. The molecule has 0 aliphatic rings. The molecular weight excluding hydrogens is 312 g/mol. The number of hydrogen-bond donors (Lipinski definition) is 0. The van der Waals surface area contributed by atoms with Gasteiger partial charge in [-0.15, -0.1) is 0 Å². The molecule has 2 aromatic carbocycles. The lowest BCUT2D eigenvalue weighted by molar-refractivity contribution is -0.116. The van der Waals surface area contributed by atoms with Crippen molar-refractivity contribution < 1.29 is 17.9 Å². The zero-order valence-corrected chi connectivity index (χ0v) is 13.9. The molecule has 0 saturated heterocycles. The molecule has 0 unspecified atom stereocenters. The molecular formula is C18H20O4S. The van der Waals surface area contributed by atoms with Crippen molar-refractivity contribution in [2.75, 3.05) is 12.4 Å². The fourth-order valence-corrected chi connectivity index (χ4v) is 3.37. The number of Topliss-reactive ketones (excluding diaryl/α,β-unsaturated/α-hetero) is 1. The van der Waals surface area contributed by atoms with Crippen molar-refractivity contribution in [2.45, 2.75) is 24.7 Å². The summed E-state index contributed by atoms with van der Waals surface area (Å²) in [6, 6.07) is 15.8. The van der Waals surface area contributed by atoms with Crippen LogP contribution in [0.1, 0.15) is 18.4 Å². The molecule has 0 fully saturated rings. The molecule has 0 aromatic heterocycles. The molecule has 0 aliphatic carbocycles. The third kappa shape index (κ3) is 5.53. The predicted molar refractivity (Wildman–Crippen MR) is 89.4 cm³/mol. The third-order valence-electron chi connectivity index (χ3n) is 3.34. The molecule has 0 atom stereocenters. The van der Waals surface area contributed by atoms with E-state index in [1.807, 2.05) is 37.3 Å². The second kappa shape index (κ2) is 7.92. The Balaban J connectivity index is 1.79. The number of ketones is 1. The van der Waals surface area contributed by atoms with Gasteiger partial charge in [0.05, 0.1) is 11.5 Å². The Morgan fingerprint density at radius 1 is 1.00 bits per heavy atom. The van der Waals surface area contributed by atoms with E-state index in [0.29, 0.717) is 13.0 Å². The highest BCUT2D eigenvalue weighted by molar-refractivity contribution is 7.92. The van der Waals surface area contributed by atoms with Crippen molar-refractivity contribution in [3.63, 3.8) is 0 Å². The van der Waals surface area contributed by atoms with Gasteiger partial charge in [-0.3, -0.25) is 4.79 Å². The summed E-state index contributed by atoms with van der Waals surface area (Å²) in [7, 11) is -3.56. The molecule has 0 N–H and O–H groups in total. The van der Waals surface area contributed by atoms with E-state index in [-0.39, 0.29) is 17.1 Å². The number of hydrogen-bond acceptors (Lipinski definition) is 4. The normalized spacial score (nSPS) is 11.2. The molecule has 0 heterocycles. The Morgan fingerprint density at radius 3 is 2.30 bits per heavy atom. The average molecular weight is 332 g/mol. The van der Waals surface area contributed by atoms with E-state index in [4.69, 9.17) is 4.74 Å². The van der Waals surface area contributed by atoms with Crippen molar-refractivity contribution in [1.29, 1.82) is 0 Å². The number of rotatable bonds is 8. The predicted octanol–water partition coefficient (Wildman–Crippen LogP) is 3.20. The van der Waals surface area contributed by atoms with Gasteiger partial charge in [-0.25, -0.2) is 8.42 Å². The number of benzene rings is 2. The Kier molecular flexibility index (Phi) is 5.93. The van der Waals surface area contributed by atoms with E-state index in [2.05, 4.69) is 0 Å². The first kappa shape index (κ1) is 17.2. The average Bonchev–Trinajstić information content (AvgIpc) is 2.52. The highest BCUT2D eigenvalue weighted by Crippen LogP contribution is 2.13. The largest absolute Gasteiger partial charge is 0.494 e. The van der Waals surface area contributed by atoms with Crippen LogP contribution in [-0.2, 0) is 14.6 Å². The molecule has 0 aliphatic heterocycles. The van der Waals surface area contributed by atoms with Crippen molar-refractivity contribution in [3.05, 3.63) is 60.2 Å². The maximum atomic E-state index is 12.2. The van der Waals surface area contributed by atoms with Crippen molar-refractivity contribution in [3.8, 4) is 5.75 Å². The summed E-state index contributed by atoms with van der Waals surface area (Å²) < 4.78 is 29.8. The molecule has 2 rings (SSSR count). The van der Waals surface area contributed by atoms with Crippen LogP contribution in [0.3, 0.4) is 0 Å². The number of carbonyl (C=O) groups is 1. The van der Waals surface area contributed by atoms with Crippen LogP contribution in [0.15, 0.2) is 59.5 Å². The van der Waals surface area contributed by atoms with Gasteiger partial charge in [0.25, 0.3) is 0 Å². The quantitative estimate of drug-likeness (QED) is 0.697. The van der Waals surface area contributed by atoms with E-state index >= 15 is 0 Å². The van der Waals surface area contributed by atoms with Gasteiger partial charge in [0.15, 0.2) is 9.84 Å². The van der Waals surface area contributed by atoms with E-state index in [9.17, 15) is 13.2 Å². The van der Waals surface area contributed by atoms with Crippen LogP contribution in [0.4, 0.5) is 0 Å². The minimum absolute atomic E-state index is 0.192. The second-order valence-electron chi connectivity index (χ2n) is 5.38. The molecule has 5 heteroatoms. The van der Waals surface area contributed by atoms with Gasteiger partial charge in [0.1, 0.15) is 17.3 Å². The zero-order valence-electron chi connectivity index (χ0n) is 13.1. The molecule has 0 radical (unpaired) electrons. The van der Waals surface area contributed by atoms with Crippen molar-refractivity contribution in [1.82, 2.24) is 0 Å². The van der Waals surface area contributed by atoms with Gasteiger partial charge in [-0.1, -0.05) is 35.9 Å². The van der Waals surface area contributed by atoms with Crippen LogP contribution in [0.5, 0.6) is 5.75 Å². The summed E-state index contributed by atoms with van der Waals surface area (Å²) in [4.78, 5) is 12.1. The minimum Gasteiger partial charge on any atom is -0.494 e. The Hall–Kier alpha value is -2.14. The van der Waals surface area contributed by atoms with Crippen LogP contribution < -0.4 is 4.74 Å². The summed E-state index contributed by atoms with van der Waals surface area (Å²) in [5.74, 6) is -0.00374. The van der Waals surface area contributed by atoms with Crippen LogP contribution >= 0.6 is 0 Å². The molecule has 122 valence electrons. The number of para-hydroxylation sites is 1. The maximum Gasteiger partial charge on any atom is 0.185 e. The highest BCUT2D eigenvalue weighted by Gasteiger charge is 2.18. The number of ether oxygens (including phenoxy) is 1. The molecule has 4 nitrogen and oxygen atoms in total. The SMILES string of the molecule is Cc1ccc(S(=O)(=O)CC(=O)CCCOc2ccccc2)cc1. The molecule has 2 aromatic rings. The van der Waals surface area contributed by atoms with Gasteiger partial charge in [-0.2, -0.15) is 0 Å². The summed E-state index contributed by atoms with van der Waals surface area (Å²) in [6.07, 6.45) is 0.690. The van der Waals surface area contributed by atoms with Crippen LogP contribution in [0, 0.1) is 6.92 Å². The van der Waals surface area contributed by atoms with Crippen molar-refractivity contribution >= 4 is 15.6 Å². The lowest BCUT2D eigenvalue weighted by Gasteiger charge is -2.06. The van der Waals surface area contributed by atoms with Gasteiger partial charge >= 0.3 is 0 Å². The first-order valence-corrected chi connectivity index (χ1v) is 9.11. The third-order valence-corrected chi connectivity index (χ3v) is 5.04. The summed E-state index contributed by atoms with van der Waals surface area (Å²) in [5.41, 5.74) is 0.980. The van der Waals surface area contributed by atoms with Crippen LogP contribution in [-0.4, -0.2) is 26.6 Å². The van der Waals surface area contributed by atoms with Crippen LogP contribution in [0.2, 0.25) is 0 Å². The van der Waals surface area contributed by atoms with E-state index in [0.717, 1.165) is 11.3 Å². The highest BCUT2D eigenvalue weighted by atomic mass is 32.2. The van der Waals surface area contributed by atoms with Gasteiger partial charge in [-0.05, 0) is 37.6 Å². The first-order valence-electron chi connectivity index (χ1n) is 7.46.